The van der Waals surface area contributed by atoms with Gasteiger partial charge in [0.2, 0.25) is 0 Å². The zero-order valence-electron chi connectivity index (χ0n) is 15.6. The van der Waals surface area contributed by atoms with Crippen molar-refractivity contribution in [3.63, 3.8) is 0 Å². The van der Waals surface area contributed by atoms with Gasteiger partial charge in [-0.25, -0.2) is 0 Å². The molecule has 150 valence electrons. The minimum Gasteiger partial charge on any atom is -0.367 e. The van der Waals surface area contributed by atoms with E-state index >= 15 is 0 Å². The molecule has 27 heavy (non-hydrogen) atoms. The molecule has 0 amide bonds. The van der Waals surface area contributed by atoms with Gasteiger partial charge in [0.25, 0.3) is 0 Å². The fourth-order valence-electron chi connectivity index (χ4n) is 3.73. The molecule has 1 aromatic rings. The molecular weight excluding hydrogens is 373 g/mol. The third-order valence-electron chi connectivity index (χ3n) is 5.36. The van der Waals surface area contributed by atoms with Crippen LogP contribution < -0.4 is 15.5 Å². The van der Waals surface area contributed by atoms with Gasteiger partial charge in [0.05, 0.1) is 16.9 Å². The van der Waals surface area contributed by atoms with Crippen molar-refractivity contribution in [3.05, 3.63) is 23.8 Å². The Hall–Kier alpha value is -1.54. The summed E-state index contributed by atoms with van der Waals surface area (Å²) in [5, 5.41) is 6.72. The van der Waals surface area contributed by atoms with Crippen LogP contribution in [0.25, 0.3) is 0 Å². The van der Waals surface area contributed by atoms with Crippen molar-refractivity contribution in [2.45, 2.75) is 44.3 Å². The average Bonchev–Trinajstić information content (AvgIpc) is 2.62. The zero-order chi connectivity index (χ0) is 19.4. The summed E-state index contributed by atoms with van der Waals surface area (Å²) in [7, 11) is 2.05. The number of alkyl halides is 3. The molecule has 2 aliphatic rings. The van der Waals surface area contributed by atoms with E-state index in [0.717, 1.165) is 63.6 Å². The van der Waals surface area contributed by atoms with Crippen LogP contribution in [-0.2, 0) is 6.18 Å². The smallest absolute Gasteiger partial charge is 0.367 e. The average molecular weight is 401 g/mol. The van der Waals surface area contributed by atoms with Crippen molar-refractivity contribution in [2.75, 3.05) is 43.4 Å². The fraction of sp³-hybridized carbons (Fsp3) is 0.632. The summed E-state index contributed by atoms with van der Waals surface area (Å²) in [5.41, 5.74) is 0.523. The minimum absolute atomic E-state index is 0.302. The first kappa shape index (κ1) is 20.2. The first-order valence-corrected chi connectivity index (χ1v) is 9.96. The number of hydrogen-bond acceptors (Lipinski definition) is 3. The number of benzene rings is 1. The summed E-state index contributed by atoms with van der Waals surface area (Å²) in [6.45, 7) is 3.31. The number of nitrogens with zero attached hydrogens (tertiary/aromatic N) is 2. The first-order valence-electron chi connectivity index (χ1n) is 9.55. The second-order valence-electron chi connectivity index (χ2n) is 7.45. The molecule has 2 fully saturated rings. The molecule has 4 nitrogen and oxygen atoms in total. The third kappa shape index (κ3) is 5.48. The van der Waals surface area contributed by atoms with Crippen molar-refractivity contribution in [1.29, 1.82) is 0 Å². The third-order valence-corrected chi connectivity index (χ3v) is 5.58. The van der Waals surface area contributed by atoms with Crippen LogP contribution in [0, 0.1) is 0 Å². The van der Waals surface area contributed by atoms with Gasteiger partial charge in [-0.15, -0.1) is 0 Å². The second kappa shape index (κ2) is 8.65. The molecule has 1 aromatic carbocycles. The van der Waals surface area contributed by atoms with Crippen LogP contribution in [0.2, 0.25) is 0 Å². The van der Waals surface area contributed by atoms with E-state index in [2.05, 4.69) is 20.4 Å². The van der Waals surface area contributed by atoms with Crippen molar-refractivity contribution in [1.82, 2.24) is 10.2 Å². The van der Waals surface area contributed by atoms with Gasteiger partial charge in [-0.05, 0) is 50.3 Å². The number of likely N-dealkylation sites (N-methyl/N-ethyl adjacent to an activating group) is 1. The van der Waals surface area contributed by atoms with E-state index in [-0.39, 0.29) is 0 Å². The van der Waals surface area contributed by atoms with Gasteiger partial charge in [0, 0.05) is 32.2 Å². The number of thiocarbonyl (C=S) groups is 1. The lowest BCUT2D eigenvalue weighted by Crippen LogP contribution is -2.45. The number of anilines is 2. The highest BCUT2D eigenvalue weighted by atomic mass is 32.1. The summed E-state index contributed by atoms with van der Waals surface area (Å²) in [4.78, 5) is 4.33. The van der Waals surface area contributed by atoms with Gasteiger partial charge in [-0.1, -0.05) is 19.3 Å². The maximum absolute atomic E-state index is 13.2. The zero-order valence-corrected chi connectivity index (χ0v) is 16.4. The van der Waals surface area contributed by atoms with Crippen LogP contribution in [-0.4, -0.2) is 49.3 Å². The van der Waals surface area contributed by atoms with Crippen molar-refractivity contribution in [3.8, 4) is 0 Å². The highest BCUT2D eigenvalue weighted by molar-refractivity contribution is 7.80. The van der Waals surface area contributed by atoms with Gasteiger partial charge in [-0.3, -0.25) is 0 Å². The minimum atomic E-state index is -4.38. The summed E-state index contributed by atoms with van der Waals surface area (Å²) in [6.07, 6.45) is 1.28. The molecule has 0 bridgehead atoms. The fourth-order valence-corrected chi connectivity index (χ4v) is 4.00. The van der Waals surface area contributed by atoms with Gasteiger partial charge in [0.15, 0.2) is 5.11 Å². The Bertz CT molecular complexity index is 651. The van der Waals surface area contributed by atoms with E-state index in [0.29, 0.717) is 16.8 Å². The second-order valence-corrected chi connectivity index (χ2v) is 7.86. The van der Waals surface area contributed by atoms with E-state index in [4.69, 9.17) is 12.2 Å². The number of rotatable bonds is 3. The van der Waals surface area contributed by atoms with Crippen LogP contribution in [0.3, 0.4) is 0 Å². The lowest BCUT2D eigenvalue weighted by atomic mass is 9.96. The highest BCUT2D eigenvalue weighted by Crippen LogP contribution is 2.36. The van der Waals surface area contributed by atoms with E-state index < -0.39 is 11.7 Å². The van der Waals surface area contributed by atoms with Crippen molar-refractivity contribution < 1.29 is 13.2 Å². The van der Waals surface area contributed by atoms with Crippen molar-refractivity contribution in [2.24, 2.45) is 0 Å². The predicted molar refractivity (Wildman–Crippen MR) is 107 cm³/mol. The molecule has 0 aromatic heterocycles. The SMILES string of the molecule is CN1CCN(c2ccc(C(F)(F)F)cc2NC(=S)NC2CCCCC2)CC1. The monoisotopic (exact) mass is 400 g/mol. The Labute approximate surface area is 164 Å². The lowest BCUT2D eigenvalue weighted by molar-refractivity contribution is -0.137. The summed E-state index contributed by atoms with van der Waals surface area (Å²) >= 11 is 5.40. The summed E-state index contributed by atoms with van der Waals surface area (Å²) < 4.78 is 39.6. The molecule has 1 aliphatic carbocycles. The van der Waals surface area contributed by atoms with E-state index in [1.807, 2.05) is 7.05 Å². The Morgan fingerprint density at radius 2 is 1.74 bits per heavy atom. The number of halogens is 3. The molecule has 2 N–H and O–H groups in total. The maximum Gasteiger partial charge on any atom is 0.416 e. The van der Waals surface area contributed by atoms with Crippen LogP contribution in [0.5, 0.6) is 0 Å². The molecule has 0 unspecified atom stereocenters. The van der Waals surface area contributed by atoms with E-state index in [1.165, 1.54) is 12.5 Å². The summed E-state index contributed by atoms with van der Waals surface area (Å²) in [5.74, 6) is 0. The molecule has 3 rings (SSSR count). The largest absolute Gasteiger partial charge is 0.416 e. The Morgan fingerprint density at radius 1 is 1.07 bits per heavy atom. The summed E-state index contributed by atoms with van der Waals surface area (Å²) in [6, 6.07) is 4.18. The van der Waals surface area contributed by atoms with Crippen LogP contribution >= 0.6 is 12.2 Å². The van der Waals surface area contributed by atoms with Gasteiger partial charge < -0.3 is 20.4 Å². The van der Waals surface area contributed by atoms with Gasteiger partial charge in [0.1, 0.15) is 0 Å². The Morgan fingerprint density at radius 3 is 2.37 bits per heavy atom. The molecule has 1 saturated heterocycles. The molecule has 0 atom stereocenters. The first-order chi connectivity index (χ1) is 12.8. The van der Waals surface area contributed by atoms with Crippen LogP contribution in [0.4, 0.5) is 24.5 Å². The maximum atomic E-state index is 13.2. The highest BCUT2D eigenvalue weighted by Gasteiger charge is 2.32. The van der Waals surface area contributed by atoms with E-state index in [1.54, 1.807) is 6.07 Å². The molecular formula is C19H27F3N4S. The van der Waals surface area contributed by atoms with Gasteiger partial charge >= 0.3 is 6.18 Å². The lowest BCUT2D eigenvalue weighted by Gasteiger charge is -2.35. The number of piperazine rings is 1. The molecule has 0 spiro atoms. The van der Waals surface area contributed by atoms with Crippen LogP contribution in [0.15, 0.2) is 18.2 Å². The molecule has 0 radical (unpaired) electrons. The number of nitrogens with one attached hydrogen (secondary N) is 2. The van der Waals surface area contributed by atoms with Crippen LogP contribution in [0.1, 0.15) is 37.7 Å². The Balaban J connectivity index is 1.77. The molecule has 8 heteroatoms. The van der Waals surface area contributed by atoms with Gasteiger partial charge in [-0.2, -0.15) is 13.2 Å². The van der Waals surface area contributed by atoms with Crippen molar-refractivity contribution >= 4 is 28.7 Å². The standard InChI is InChI=1S/C19H27F3N4S/c1-25-9-11-26(12-10-25)17-8-7-14(19(20,21)22)13-16(17)24-18(27)23-15-5-3-2-4-6-15/h7-8,13,15H,2-6,9-12H2,1H3,(H2,23,24,27). The van der Waals surface area contributed by atoms with E-state index in [9.17, 15) is 13.2 Å². The normalized spacial score (nSPS) is 19.8. The topological polar surface area (TPSA) is 30.5 Å². The predicted octanol–water partition coefficient (Wildman–Crippen LogP) is 4.08. The quantitative estimate of drug-likeness (QED) is 0.747. The molecule has 1 aliphatic heterocycles. The molecule has 1 heterocycles. The number of hydrogen-bond donors (Lipinski definition) is 2. The Kier molecular flexibility index (Phi) is 6.47. The molecule has 1 saturated carbocycles.